The van der Waals surface area contributed by atoms with Gasteiger partial charge in [0.05, 0.1) is 4.90 Å². The minimum absolute atomic E-state index is 0.187. The first kappa shape index (κ1) is 18.9. The van der Waals surface area contributed by atoms with Crippen molar-refractivity contribution in [1.82, 2.24) is 4.31 Å². The van der Waals surface area contributed by atoms with E-state index in [1.54, 1.807) is 16.4 Å². The predicted octanol–water partition coefficient (Wildman–Crippen LogP) is 3.72. The number of sulfonamides is 1. The molecule has 4 rings (SSSR count). The van der Waals surface area contributed by atoms with Crippen LogP contribution in [0.2, 0.25) is 0 Å². The number of rotatable bonds is 5. The highest BCUT2D eigenvalue weighted by atomic mass is 32.2. The molecule has 0 N–H and O–H groups in total. The molecule has 1 amide bonds. The Kier molecular flexibility index (Phi) is 5.55. The molecule has 2 heterocycles. The Bertz CT molecular complexity index is 794. The van der Waals surface area contributed by atoms with Gasteiger partial charge in [-0.25, -0.2) is 8.42 Å². The maximum Gasteiger partial charge on any atom is 0.243 e. The predicted molar refractivity (Wildman–Crippen MR) is 106 cm³/mol. The van der Waals surface area contributed by atoms with Crippen LogP contribution in [0.25, 0.3) is 0 Å². The molecule has 148 valence electrons. The molecule has 0 spiro atoms. The summed E-state index contributed by atoms with van der Waals surface area (Å²) in [7, 11) is -3.41. The standard InChI is InChI=1S/C21H30N2O3S/c24-21(11-8-17-6-2-3-7-17)23-15-12-18-16-19(9-10-20(18)23)27(25,26)22-13-4-1-5-14-22/h9-10,16-17H,1-8,11-15H2. The zero-order chi connectivity index (χ0) is 18.9. The van der Waals surface area contributed by atoms with E-state index in [-0.39, 0.29) is 5.91 Å². The van der Waals surface area contributed by atoms with Gasteiger partial charge in [0.2, 0.25) is 15.9 Å². The Labute approximate surface area is 162 Å². The highest BCUT2D eigenvalue weighted by Gasteiger charge is 2.30. The average molecular weight is 391 g/mol. The van der Waals surface area contributed by atoms with Gasteiger partial charge in [-0.15, -0.1) is 0 Å². The van der Waals surface area contributed by atoms with Crippen LogP contribution in [0.15, 0.2) is 23.1 Å². The van der Waals surface area contributed by atoms with Gasteiger partial charge in [-0.05, 0) is 55.4 Å². The van der Waals surface area contributed by atoms with Crippen LogP contribution in [-0.2, 0) is 21.2 Å². The van der Waals surface area contributed by atoms with Gasteiger partial charge in [-0.2, -0.15) is 4.31 Å². The van der Waals surface area contributed by atoms with Gasteiger partial charge < -0.3 is 4.90 Å². The fraction of sp³-hybridized carbons (Fsp3) is 0.667. The number of hydrogen-bond donors (Lipinski definition) is 0. The fourth-order valence-electron chi connectivity index (χ4n) is 4.81. The molecule has 3 aliphatic rings. The average Bonchev–Trinajstić information content (AvgIpc) is 3.36. The molecule has 2 aliphatic heterocycles. The number of fused-ring (bicyclic) bond motifs is 1. The maximum atomic E-state index is 12.9. The first-order valence-corrected chi connectivity index (χ1v) is 11.9. The lowest BCUT2D eigenvalue weighted by Crippen LogP contribution is -2.35. The molecule has 0 atom stereocenters. The van der Waals surface area contributed by atoms with Crippen molar-refractivity contribution < 1.29 is 13.2 Å². The molecule has 1 aliphatic carbocycles. The molecule has 1 aromatic rings. The van der Waals surface area contributed by atoms with E-state index in [1.165, 1.54) is 25.7 Å². The summed E-state index contributed by atoms with van der Waals surface area (Å²) in [5.41, 5.74) is 1.89. The van der Waals surface area contributed by atoms with Crippen LogP contribution in [0.4, 0.5) is 5.69 Å². The van der Waals surface area contributed by atoms with Crippen LogP contribution in [0.1, 0.15) is 63.4 Å². The molecule has 2 fully saturated rings. The van der Waals surface area contributed by atoms with Crippen molar-refractivity contribution in [1.29, 1.82) is 0 Å². The molecule has 1 aromatic carbocycles. The summed E-state index contributed by atoms with van der Waals surface area (Å²) < 4.78 is 27.4. The van der Waals surface area contributed by atoms with Crippen LogP contribution >= 0.6 is 0 Å². The van der Waals surface area contributed by atoms with Gasteiger partial charge in [0.1, 0.15) is 0 Å². The Morgan fingerprint density at radius 3 is 2.48 bits per heavy atom. The number of hydrogen-bond acceptors (Lipinski definition) is 3. The van der Waals surface area contributed by atoms with E-state index in [0.29, 0.717) is 36.9 Å². The van der Waals surface area contributed by atoms with E-state index in [4.69, 9.17) is 0 Å². The van der Waals surface area contributed by atoms with Crippen molar-refractivity contribution in [2.24, 2.45) is 5.92 Å². The molecule has 27 heavy (non-hydrogen) atoms. The molecular formula is C21H30N2O3S. The van der Waals surface area contributed by atoms with Crippen LogP contribution in [0, 0.1) is 5.92 Å². The summed E-state index contributed by atoms with van der Waals surface area (Å²) in [6.45, 7) is 1.91. The Hall–Kier alpha value is -1.40. The minimum Gasteiger partial charge on any atom is -0.312 e. The largest absolute Gasteiger partial charge is 0.312 e. The number of carbonyl (C=O) groups excluding carboxylic acids is 1. The molecule has 0 unspecified atom stereocenters. The summed E-state index contributed by atoms with van der Waals surface area (Å²) >= 11 is 0. The van der Waals surface area contributed by atoms with E-state index in [2.05, 4.69) is 0 Å². The lowest BCUT2D eigenvalue weighted by atomic mass is 10.0. The molecule has 5 nitrogen and oxygen atoms in total. The normalized spacial score (nSPS) is 21.6. The second-order valence-electron chi connectivity index (χ2n) is 8.24. The first-order chi connectivity index (χ1) is 13.1. The van der Waals surface area contributed by atoms with E-state index in [9.17, 15) is 13.2 Å². The third-order valence-electron chi connectivity index (χ3n) is 6.44. The highest BCUT2D eigenvalue weighted by Crippen LogP contribution is 2.33. The van der Waals surface area contributed by atoms with Crippen LogP contribution in [0.3, 0.4) is 0 Å². The van der Waals surface area contributed by atoms with Crippen molar-refractivity contribution in [2.45, 2.75) is 69.1 Å². The smallest absolute Gasteiger partial charge is 0.243 e. The molecule has 1 saturated carbocycles. The monoisotopic (exact) mass is 390 g/mol. The molecule has 1 saturated heterocycles. The van der Waals surface area contributed by atoms with Crippen molar-refractivity contribution in [3.05, 3.63) is 23.8 Å². The van der Waals surface area contributed by atoms with Gasteiger partial charge in [-0.1, -0.05) is 32.1 Å². The van der Waals surface area contributed by atoms with Gasteiger partial charge >= 0.3 is 0 Å². The number of nitrogens with zero attached hydrogens (tertiary/aromatic N) is 2. The summed E-state index contributed by atoms with van der Waals surface area (Å²) in [5.74, 6) is 0.903. The van der Waals surface area contributed by atoms with Gasteiger partial charge in [0.15, 0.2) is 0 Å². The summed E-state index contributed by atoms with van der Waals surface area (Å²) in [6.07, 6.45) is 10.5. The molecule has 0 aromatic heterocycles. The lowest BCUT2D eigenvalue weighted by molar-refractivity contribution is -0.118. The van der Waals surface area contributed by atoms with Gasteiger partial charge in [0, 0.05) is 31.7 Å². The zero-order valence-corrected chi connectivity index (χ0v) is 16.8. The first-order valence-electron chi connectivity index (χ1n) is 10.5. The Morgan fingerprint density at radius 2 is 1.74 bits per heavy atom. The van der Waals surface area contributed by atoms with Crippen molar-refractivity contribution in [2.75, 3.05) is 24.5 Å². The van der Waals surface area contributed by atoms with E-state index in [0.717, 1.165) is 43.4 Å². The topological polar surface area (TPSA) is 57.7 Å². The van der Waals surface area contributed by atoms with Crippen LogP contribution in [-0.4, -0.2) is 38.3 Å². The molecule has 0 radical (unpaired) electrons. The summed E-state index contributed by atoms with van der Waals surface area (Å²) in [6, 6.07) is 5.32. The van der Waals surface area contributed by atoms with Crippen molar-refractivity contribution in [3.63, 3.8) is 0 Å². The number of anilines is 1. The number of carbonyl (C=O) groups is 1. The van der Waals surface area contributed by atoms with Gasteiger partial charge in [0.25, 0.3) is 0 Å². The second kappa shape index (κ2) is 7.92. The Balaban J connectivity index is 1.46. The Morgan fingerprint density at radius 1 is 1.00 bits per heavy atom. The van der Waals surface area contributed by atoms with E-state index in [1.807, 2.05) is 11.0 Å². The van der Waals surface area contributed by atoms with Crippen LogP contribution < -0.4 is 4.90 Å². The van der Waals surface area contributed by atoms with E-state index >= 15 is 0 Å². The van der Waals surface area contributed by atoms with E-state index < -0.39 is 10.0 Å². The molecule has 0 bridgehead atoms. The molecular weight excluding hydrogens is 360 g/mol. The van der Waals surface area contributed by atoms with Crippen molar-refractivity contribution in [3.8, 4) is 0 Å². The minimum atomic E-state index is -3.41. The lowest BCUT2D eigenvalue weighted by Gasteiger charge is -2.26. The maximum absolute atomic E-state index is 12.9. The number of piperidine rings is 1. The van der Waals surface area contributed by atoms with Gasteiger partial charge in [-0.3, -0.25) is 4.79 Å². The fourth-order valence-corrected chi connectivity index (χ4v) is 6.38. The third-order valence-corrected chi connectivity index (χ3v) is 8.34. The highest BCUT2D eigenvalue weighted by molar-refractivity contribution is 7.89. The van der Waals surface area contributed by atoms with Crippen LogP contribution in [0.5, 0.6) is 0 Å². The molecule has 6 heteroatoms. The summed E-state index contributed by atoms with van der Waals surface area (Å²) in [4.78, 5) is 14.9. The zero-order valence-electron chi connectivity index (χ0n) is 16.0. The quantitative estimate of drug-likeness (QED) is 0.770. The van der Waals surface area contributed by atoms with Crippen molar-refractivity contribution >= 4 is 21.6 Å². The third kappa shape index (κ3) is 3.92. The summed E-state index contributed by atoms with van der Waals surface area (Å²) in [5, 5.41) is 0. The number of amides is 1. The SMILES string of the molecule is O=C(CCC1CCCC1)N1CCc2cc(S(=O)(=O)N3CCCCC3)ccc21. The number of benzene rings is 1. The second-order valence-corrected chi connectivity index (χ2v) is 10.2.